The van der Waals surface area contributed by atoms with Crippen molar-refractivity contribution in [1.29, 1.82) is 0 Å². The molecule has 1 N–H and O–H groups in total. The van der Waals surface area contributed by atoms with Gasteiger partial charge >= 0.3 is 0 Å². The van der Waals surface area contributed by atoms with Gasteiger partial charge in [0.15, 0.2) is 0 Å². The molecule has 2 aromatic rings. The van der Waals surface area contributed by atoms with Crippen LogP contribution in [0.4, 0.5) is 0 Å². The number of rotatable bonds is 6. The summed E-state index contributed by atoms with van der Waals surface area (Å²) in [5.74, 6) is 0.658. The molecule has 9 heteroatoms. The van der Waals surface area contributed by atoms with Gasteiger partial charge in [-0.1, -0.05) is 39.1 Å². The van der Waals surface area contributed by atoms with Gasteiger partial charge in [-0.15, -0.1) is 0 Å². The first-order valence-corrected chi connectivity index (χ1v) is 9.59. The molecule has 0 spiro atoms. The third kappa shape index (κ3) is 4.49. The lowest BCUT2D eigenvalue weighted by atomic mass is 10.2. The molecule has 0 bridgehead atoms. The molecule has 1 aromatic carbocycles. The molecule has 0 aliphatic heterocycles. The van der Waals surface area contributed by atoms with E-state index in [0.29, 0.717) is 10.2 Å². The number of nitrogens with zero attached hydrogens (tertiary/aromatic N) is 1. The van der Waals surface area contributed by atoms with Gasteiger partial charge in [0.25, 0.3) is 0 Å². The molecule has 0 aliphatic carbocycles. The van der Waals surface area contributed by atoms with Crippen LogP contribution in [-0.4, -0.2) is 34.0 Å². The van der Waals surface area contributed by atoms with Crippen LogP contribution in [0.25, 0.3) is 0 Å². The highest BCUT2D eigenvalue weighted by atomic mass is 79.9. The van der Waals surface area contributed by atoms with Crippen molar-refractivity contribution in [3.63, 3.8) is 0 Å². The Labute approximate surface area is 153 Å². The summed E-state index contributed by atoms with van der Waals surface area (Å²) in [6.07, 6.45) is 1.54. The summed E-state index contributed by atoms with van der Waals surface area (Å²) in [5.41, 5.74) is 0. The highest BCUT2D eigenvalue weighted by Crippen LogP contribution is 2.33. The largest absolute Gasteiger partial charge is 0.468 e. The number of benzene rings is 1. The van der Waals surface area contributed by atoms with E-state index < -0.39 is 10.0 Å². The summed E-state index contributed by atoms with van der Waals surface area (Å²) in [4.78, 5) is 1.72. The average molecular weight is 442 g/mol. The van der Waals surface area contributed by atoms with E-state index in [9.17, 15) is 8.42 Å². The lowest BCUT2D eigenvalue weighted by Crippen LogP contribution is -2.34. The standard InChI is InChI=1S/C14H15BrCl2N2O3S/c1-19(2)12(13-4-3-5-22-13)8-18-23(20,21)14-10(16)6-9(15)7-11(14)17/h3-7,12,18H,8H2,1-2H3. The molecule has 2 rings (SSSR count). The lowest BCUT2D eigenvalue weighted by Gasteiger charge is -2.22. The Morgan fingerprint density at radius 2 is 1.91 bits per heavy atom. The topological polar surface area (TPSA) is 62.6 Å². The van der Waals surface area contributed by atoms with Gasteiger partial charge in [-0.05, 0) is 38.4 Å². The Hall–Kier alpha value is -0.570. The van der Waals surface area contributed by atoms with E-state index in [1.54, 1.807) is 18.4 Å². The summed E-state index contributed by atoms with van der Waals surface area (Å²) in [6, 6.07) is 6.25. The van der Waals surface area contributed by atoms with Crippen LogP contribution in [0.2, 0.25) is 10.0 Å². The maximum Gasteiger partial charge on any atom is 0.243 e. The quantitative estimate of drug-likeness (QED) is 0.737. The van der Waals surface area contributed by atoms with Crippen molar-refractivity contribution < 1.29 is 12.8 Å². The first-order valence-electron chi connectivity index (χ1n) is 6.56. The molecule has 1 unspecified atom stereocenters. The van der Waals surface area contributed by atoms with Crippen LogP contribution in [0.5, 0.6) is 0 Å². The first kappa shape index (κ1) is 18.8. The number of hydrogen-bond donors (Lipinski definition) is 1. The number of hydrogen-bond acceptors (Lipinski definition) is 4. The fourth-order valence-corrected chi connectivity index (χ4v) is 5.04. The summed E-state index contributed by atoms with van der Waals surface area (Å²) >= 11 is 15.3. The minimum atomic E-state index is -3.86. The highest BCUT2D eigenvalue weighted by Gasteiger charge is 2.25. The van der Waals surface area contributed by atoms with Gasteiger partial charge in [-0.2, -0.15) is 0 Å². The molecule has 0 fully saturated rings. The molecular weight excluding hydrogens is 427 g/mol. The lowest BCUT2D eigenvalue weighted by molar-refractivity contribution is 0.259. The molecule has 23 heavy (non-hydrogen) atoms. The van der Waals surface area contributed by atoms with Crippen molar-refractivity contribution in [1.82, 2.24) is 9.62 Å². The molecule has 1 aromatic heterocycles. The van der Waals surface area contributed by atoms with E-state index in [1.165, 1.54) is 12.1 Å². The minimum Gasteiger partial charge on any atom is -0.468 e. The van der Waals surface area contributed by atoms with Crippen molar-refractivity contribution in [3.8, 4) is 0 Å². The van der Waals surface area contributed by atoms with Crippen LogP contribution in [0.3, 0.4) is 0 Å². The molecule has 1 atom stereocenters. The molecule has 126 valence electrons. The fraction of sp³-hybridized carbons (Fsp3) is 0.286. The Morgan fingerprint density at radius 3 is 2.39 bits per heavy atom. The molecule has 0 amide bonds. The normalized spacial score (nSPS) is 13.5. The molecule has 0 saturated carbocycles. The van der Waals surface area contributed by atoms with Crippen LogP contribution in [-0.2, 0) is 10.0 Å². The molecule has 0 aliphatic rings. The number of likely N-dealkylation sites (N-methyl/N-ethyl adjacent to an activating group) is 1. The predicted molar refractivity (Wildman–Crippen MR) is 94.5 cm³/mol. The van der Waals surface area contributed by atoms with E-state index >= 15 is 0 Å². The van der Waals surface area contributed by atoms with Gasteiger partial charge in [-0.25, -0.2) is 13.1 Å². The minimum absolute atomic E-state index is 0.0521. The Kier molecular flexibility index (Phi) is 6.16. The molecule has 5 nitrogen and oxygen atoms in total. The Bertz CT molecular complexity index is 756. The monoisotopic (exact) mass is 440 g/mol. The first-order chi connectivity index (χ1) is 10.7. The van der Waals surface area contributed by atoms with Gasteiger partial charge < -0.3 is 4.42 Å². The van der Waals surface area contributed by atoms with Crippen molar-refractivity contribution in [2.24, 2.45) is 0 Å². The zero-order valence-corrected chi connectivity index (χ0v) is 16.3. The van der Waals surface area contributed by atoms with Gasteiger partial charge in [0, 0.05) is 11.0 Å². The smallest absolute Gasteiger partial charge is 0.243 e. The zero-order chi connectivity index (χ0) is 17.2. The highest BCUT2D eigenvalue weighted by molar-refractivity contribution is 9.10. The molecular formula is C14H15BrCl2N2O3S. The molecule has 0 saturated heterocycles. The maximum atomic E-state index is 12.5. The SMILES string of the molecule is CN(C)C(CNS(=O)(=O)c1c(Cl)cc(Br)cc1Cl)c1ccco1. The van der Waals surface area contributed by atoms with Crippen molar-refractivity contribution in [2.75, 3.05) is 20.6 Å². The Balaban J connectivity index is 2.25. The Morgan fingerprint density at radius 1 is 1.30 bits per heavy atom. The van der Waals surface area contributed by atoms with Crippen molar-refractivity contribution in [3.05, 3.63) is 50.8 Å². The zero-order valence-electron chi connectivity index (χ0n) is 12.4. The summed E-state index contributed by atoms with van der Waals surface area (Å²) in [7, 11) is -0.192. The van der Waals surface area contributed by atoms with E-state index in [2.05, 4.69) is 20.7 Å². The fourth-order valence-electron chi connectivity index (χ4n) is 2.07. The molecule has 0 radical (unpaired) electrons. The summed E-state index contributed by atoms with van der Waals surface area (Å²) < 4.78 is 33.6. The third-order valence-electron chi connectivity index (χ3n) is 3.19. The van der Waals surface area contributed by atoms with Gasteiger partial charge in [-0.3, -0.25) is 4.90 Å². The van der Waals surface area contributed by atoms with E-state index in [4.69, 9.17) is 27.6 Å². The predicted octanol–water partition coefficient (Wildman–Crippen LogP) is 3.93. The summed E-state index contributed by atoms with van der Waals surface area (Å²) in [5, 5.41) is 0.104. The van der Waals surface area contributed by atoms with Crippen LogP contribution >= 0.6 is 39.1 Å². The third-order valence-corrected chi connectivity index (χ3v) is 6.00. The van der Waals surface area contributed by atoms with E-state index in [-0.39, 0.29) is 27.5 Å². The van der Waals surface area contributed by atoms with Crippen LogP contribution in [0, 0.1) is 0 Å². The number of furan rings is 1. The number of halogens is 3. The maximum absolute atomic E-state index is 12.5. The van der Waals surface area contributed by atoms with Crippen LogP contribution in [0.1, 0.15) is 11.8 Å². The van der Waals surface area contributed by atoms with E-state index in [1.807, 2.05) is 19.0 Å². The van der Waals surface area contributed by atoms with Crippen LogP contribution < -0.4 is 4.72 Å². The van der Waals surface area contributed by atoms with Crippen LogP contribution in [0.15, 0.2) is 44.3 Å². The molecule has 1 heterocycles. The second kappa shape index (κ2) is 7.55. The van der Waals surface area contributed by atoms with Gasteiger partial charge in [0.2, 0.25) is 10.0 Å². The second-order valence-corrected chi connectivity index (χ2v) is 8.48. The van der Waals surface area contributed by atoms with Crippen molar-refractivity contribution in [2.45, 2.75) is 10.9 Å². The summed E-state index contributed by atoms with van der Waals surface area (Å²) in [6.45, 7) is 0.117. The van der Waals surface area contributed by atoms with Crippen molar-refractivity contribution >= 4 is 49.2 Å². The van der Waals surface area contributed by atoms with Gasteiger partial charge in [0.05, 0.1) is 22.4 Å². The van der Waals surface area contributed by atoms with Gasteiger partial charge in [0.1, 0.15) is 10.7 Å². The average Bonchev–Trinajstić information content (AvgIpc) is 2.90. The van der Waals surface area contributed by atoms with E-state index in [0.717, 1.165) is 0 Å². The second-order valence-electron chi connectivity index (χ2n) is 5.05. The number of nitrogens with one attached hydrogen (secondary N) is 1. The number of sulfonamides is 1.